The summed E-state index contributed by atoms with van der Waals surface area (Å²) in [5.41, 5.74) is 1.23. The first kappa shape index (κ1) is 24.0. The van der Waals surface area contributed by atoms with Gasteiger partial charge in [0.25, 0.3) is 23.6 Å². The molecule has 36 heavy (non-hydrogen) atoms. The Labute approximate surface area is 207 Å². The molecule has 8 nitrogen and oxygen atoms in total. The number of amides is 4. The molecule has 1 fully saturated rings. The normalized spacial score (nSPS) is 17.2. The van der Waals surface area contributed by atoms with Gasteiger partial charge in [0, 0.05) is 11.8 Å². The summed E-state index contributed by atoms with van der Waals surface area (Å²) >= 11 is 0. The van der Waals surface area contributed by atoms with Gasteiger partial charge in [0.05, 0.1) is 28.1 Å². The number of nitrogens with one attached hydrogen (secondary N) is 1. The maximum Gasteiger partial charge on any atom is 0.267 e. The number of anilines is 2. The zero-order chi connectivity index (χ0) is 26.0. The van der Waals surface area contributed by atoms with Crippen LogP contribution in [0.3, 0.4) is 0 Å². The van der Waals surface area contributed by atoms with Crippen molar-refractivity contribution in [2.24, 2.45) is 0 Å². The molecule has 4 amide bonds. The molecule has 0 aliphatic carbocycles. The number of carbonyl (C=O) groups excluding carboxylic acids is 4. The van der Waals surface area contributed by atoms with E-state index in [1.807, 2.05) is 0 Å². The Kier molecular flexibility index (Phi) is 6.43. The zero-order valence-corrected chi connectivity index (χ0v) is 19.4. The second-order valence-electron chi connectivity index (χ2n) is 7.75. The van der Waals surface area contributed by atoms with E-state index in [1.54, 1.807) is 61.5 Å². The predicted octanol–water partition coefficient (Wildman–Crippen LogP) is 4.42. The Balaban J connectivity index is 1.49. The van der Waals surface area contributed by atoms with Gasteiger partial charge in [-0.05, 0) is 61.5 Å². The van der Waals surface area contributed by atoms with Crippen molar-refractivity contribution in [2.45, 2.75) is 6.92 Å². The molecule has 2 aromatic rings. The number of rotatable bonds is 7. The number of hydrogen-bond donors (Lipinski definition) is 1. The van der Waals surface area contributed by atoms with Crippen LogP contribution in [-0.4, -0.2) is 29.8 Å². The molecular formula is C28H21N3O5. The molecule has 0 spiro atoms. The van der Waals surface area contributed by atoms with Crippen LogP contribution in [0.4, 0.5) is 11.4 Å². The van der Waals surface area contributed by atoms with E-state index in [0.717, 1.165) is 16.0 Å². The maximum atomic E-state index is 12.7. The monoisotopic (exact) mass is 479 g/mol. The fourth-order valence-electron chi connectivity index (χ4n) is 3.84. The highest BCUT2D eigenvalue weighted by Gasteiger charge is 2.38. The molecule has 8 heteroatoms. The number of imide groups is 2. The van der Waals surface area contributed by atoms with Crippen molar-refractivity contribution in [1.29, 1.82) is 5.41 Å². The topological polar surface area (TPSA) is 108 Å². The first-order valence-electron chi connectivity index (χ1n) is 10.9. The van der Waals surface area contributed by atoms with Gasteiger partial charge in [0.2, 0.25) is 0 Å². The van der Waals surface area contributed by atoms with E-state index in [9.17, 15) is 19.2 Å². The molecule has 0 radical (unpaired) electrons. The fraction of sp³-hybridized carbons (Fsp3) is 0.0357. The Morgan fingerprint density at radius 2 is 1.28 bits per heavy atom. The minimum atomic E-state index is -0.563. The molecule has 4 rings (SSSR count). The third-order valence-corrected chi connectivity index (χ3v) is 5.56. The molecule has 0 bridgehead atoms. The first-order valence-corrected chi connectivity index (χ1v) is 10.9. The number of carbonyl (C=O) groups is 4. The molecule has 0 unspecified atom stereocenters. The van der Waals surface area contributed by atoms with Gasteiger partial charge in [-0.3, -0.25) is 19.2 Å². The second kappa shape index (κ2) is 9.63. The van der Waals surface area contributed by atoms with Gasteiger partial charge in [-0.25, -0.2) is 9.80 Å². The van der Waals surface area contributed by atoms with Crippen LogP contribution >= 0.6 is 0 Å². The summed E-state index contributed by atoms with van der Waals surface area (Å²) < 4.78 is 5.83. The molecular weight excluding hydrogens is 458 g/mol. The van der Waals surface area contributed by atoms with Crippen LogP contribution in [0.5, 0.6) is 11.5 Å². The summed E-state index contributed by atoms with van der Waals surface area (Å²) in [5, 5.41) is 7.48. The number of hydrogen-bond acceptors (Lipinski definition) is 6. The highest BCUT2D eigenvalue weighted by Crippen LogP contribution is 2.33. The Morgan fingerprint density at radius 1 is 0.778 bits per heavy atom. The van der Waals surface area contributed by atoms with Gasteiger partial charge >= 0.3 is 0 Å². The minimum Gasteiger partial charge on any atom is -0.457 e. The highest BCUT2D eigenvalue weighted by molar-refractivity contribution is 6.39. The third-order valence-electron chi connectivity index (χ3n) is 5.56. The van der Waals surface area contributed by atoms with Gasteiger partial charge in [0.1, 0.15) is 11.5 Å². The molecule has 1 N–H and O–H groups in total. The number of allylic oxidation sites excluding steroid dienone is 3. The van der Waals surface area contributed by atoms with E-state index in [2.05, 4.69) is 13.2 Å². The van der Waals surface area contributed by atoms with Crippen molar-refractivity contribution in [1.82, 2.24) is 0 Å². The Bertz CT molecular complexity index is 1430. The first-order chi connectivity index (χ1) is 17.3. The fourth-order valence-corrected chi connectivity index (χ4v) is 3.84. The predicted molar refractivity (Wildman–Crippen MR) is 136 cm³/mol. The number of ether oxygens (including phenoxy) is 1. The van der Waals surface area contributed by atoms with Gasteiger partial charge in [-0.15, -0.1) is 0 Å². The quantitative estimate of drug-likeness (QED) is 0.359. The lowest BCUT2D eigenvalue weighted by molar-refractivity contribution is -0.121. The van der Waals surface area contributed by atoms with E-state index in [-0.39, 0.29) is 22.3 Å². The van der Waals surface area contributed by atoms with Crippen molar-refractivity contribution in [3.63, 3.8) is 0 Å². The summed E-state index contributed by atoms with van der Waals surface area (Å²) in [6, 6.07) is 12.7. The summed E-state index contributed by atoms with van der Waals surface area (Å²) in [4.78, 5) is 52.5. The Morgan fingerprint density at radius 3 is 1.75 bits per heavy atom. The standard InChI is InChI=1S/C28H21N3O5/c1-4-6-22-17(3)25(32)30(26(22)33)18-8-12-20(13-9-18)36-21-14-10-19(11-15-21)31-27(34)23(7-5-2)24(16-29)28(31)35/h4-16,29H,1,3H2,2H3/b7-5-,22-6+,29-16?. The van der Waals surface area contributed by atoms with Gasteiger partial charge in [-0.2, -0.15) is 0 Å². The van der Waals surface area contributed by atoms with Gasteiger partial charge < -0.3 is 10.1 Å². The lowest BCUT2D eigenvalue weighted by Crippen LogP contribution is -2.31. The van der Waals surface area contributed by atoms with Gasteiger partial charge in [0.15, 0.2) is 0 Å². The summed E-state index contributed by atoms with van der Waals surface area (Å²) in [5.74, 6) is -1.15. The molecule has 2 aliphatic heterocycles. The smallest absolute Gasteiger partial charge is 0.267 e. The molecule has 2 aromatic carbocycles. The molecule has 0 aromatic heterocycles. The van der Waals surface area contributed by atoms with E-state index in [0.29, 0.717) is 22.9 Å². The van der Waals surface area contributed by atoms with E-state index < -0.39 is 23.6 Å². The number of nitrogens with zero attached hydrogens (tertiary/aromatic N) is 2. The van der Waals surface area contributed by atoms with Crippen LogP contribution in [0.2, 0.25) is 0 Å². The second-order valence-corrected chi connectivity index (χ2v) is 7.75. The van der Waals surface area contributed by atoms with Crippen molar-refractivity contribution in [3.05, 3.63) is 108 Å². The zero-order valence-electron chi connectivity index (χ0n) is 19.4. The summed E-state index contributed by atoms with van der Waals surface area (Å²) in [6.45, 7) is 8.97. The van der Waals surface area contributed by atoms with Crippen LogP contribution in [0.1, 0.15) is 6.92 Å². The molecule has 0 saturated carbocycles. The molecule has 2 heterocycles. The van der Waals surface area contributed by atoms with Crippen molar-refractivity contribution in [3.8, 4) is 11.5 Å². The number of benzene rings is 2. The van der Waals surface area contributed by atoms with Crippen LogP contribution in [0, 0.1) is 5.41 Å². The molecule has 1 saturated heterocycles. The lowest BCUT2D eigenvalue weighted by Gasteiger charge is -2.16. The van der Waals surface area contributed by atoms with Crippen LogP contribution in [-0.2, 0) is 19.2 Å². The summed E-state index contributed by atoms with van der Waals surface area (Å²) in [6.07, 6.45) is 6.91. The van der Waals surface area contributed by atoms with Crippen LogP contribution in [0.25, 0.3) is 0 Å². The van der Waals surface area contributed by atoms with Crippen molar-refractivity contribution < 1.29 is 23.9 Å². The third kappa shape index (κ3) is 4.01. The van der Waals surface area contributed by atoms with Crippen LogP contribution < -0.4 is 14.5 Å². The average Bonchev–Trinajstić information content (AvgIpc) is 3.24. The van der Waals surface area contributed by atoms with Crippen LogP contribution in [0.15, 0.2) is 108 Å². The van der Waals surface area contributed by atoms with E-state index in [1.165, 1.54) is 18.2 Å². The van der Waals surface area contributed by atoms with Gasteiger partial charge in [-0.1, -0.05) is 31.4 Å². The highest BCUT2D eigenvalue weighted by atomic mass is 16.5. The maximum absolute atomic E-state index is 12.7. The summed E-state index contributed by atoms with van der Waals surface area (Å²) in [7, 11) is 0. The minimum absolute atomic E-state index is 0.0316. The van der Waals surface area contributed by atoms with Crippen molar-refractivity contribution >= 4 is 41.2 Å². The average molecular weight is 479 g/mol. The van der Waals surface area contributed by atoms with E-state index >= 15 is 0 Å². The molecule has 178 valence electrons. The molecule has 2 aliphatic rings. The van der Waals surface area contributed by atoms with Crippen molar-refractivity contribution in [2.75, 3.05) is 9.80 Å². The lowest BCUT2D eigenvalue weighted by atomic mass is 10.1. The molecule has 0 atom stereocenters. The Hall–Kier alpha value is -5.11. The van der Waals surface area contributed by atoms with E-state index in [4.69, 9.17) is 10.1 Å². The SMILES string of the molecule is C=C/C=C1\C(=C)C(=O)N(c2ccc(Oc3ccc(N4C(=O)C(C=N)=C(/C=C\C)C4=O)cc3)cc2)C1=O. The largest absolute Gasteiger partial charge is 0.457 e.